The van der Waals surface area contributed by atoms with Crippen LogP contribution in [-0.4, -0.2) is 32.6 Å². The molecule has 1 aromatic carbocycles. The van der Waals surface area contributed by atoms with Gasteiger partial charge in [-0.05, 0) is 62.4 Å². The highest BCUT2D eigenvalue weighted by Crippen LogP contribution is 2.33. The van der Waals surface area contributed by atoms with E-state index in [1.54, 1.807) is 31.2 Å². The summed E-state index contributed by atoms with van der Waals surface area (Å²) in [5, 5.41) is 10.7. The van der Waals surface area contributed by atoms with Crippen molar-refractivity contribution in [2.45, 2.75) is 32.7 Å². The Bertz CT molecular complexity index is 1210. The lowest BCUT2D eigenvalue weighted by atomic mass is 10.1. The number of aryl methyl sites for hydroxylation is 1. The van der Waals surface area contributed by atoms with Gasteiger partial charge < -0.3 is 16.4 Å². The maximum Gasteiger partial charge on any atom is 0.274 e. The van der Waals surface area contributed by atoms with E-state index in [4.69, 9.17) is 28.9 Å². The van der Waals surface area contributed by atoms with Gasteiger partial charge in [-0.2, -0.15) is 0 Å². The summed E-state index contributed by atoms with van der Waals surface area (Å²) < 4.78 is 1.27. The first kappa shape index (κ1) is 22.1. The van der Waals surface area contributed by atoms with E-state index >= 15 is 0 Å². The largest absolute Gasteiger partial charge is 0.382 e. The van der Waals surface area contributed by atoms with Crippen molar-refractivity contribution < 1.29 is 9.59 Å². The van der Waals surface area contributed by atoms with Crippen molar-refractivity contribution in [3.63, 3.8) is 0 Å². The number of pyridine rings is 1. The summed E-state index contributed by atoms with van der Waals surface area (Å²) in [6.07, 6.45) is 3.73. The van der Waals surface area contributed by atoms with Crippen molar-refractivity contribution in [3.05, 3.63) is 63.4 Å². The molecule has 1 fully saturated rings. The molecule has 4 rings (SSSR count). The standard InChI is InChI=1S/C22H22Cl2N6O2/c1-11-8-14(23)9-15(21(31)27-12(2)13-5-6-13)19(11)28-22(32)17-10-18(25)29-30(17)20-16(24)4-3-7-26-20/h3-4,7-10,12-13H,5-6H2,1-2H3,(H2,25,29)(H,27,31)(H,28,32). The van der Waals surface area contributed by atoms with Crippen molar-refractivity contribution in [1.82, 2.24) is 20.1 Å². The van der Waals surface area contributed by atoms with E-state index in [0.29, 0.717) is 27.2 Å². The van der Waals surface area contributed by atoms with Gasteiger partial charge >= 0.3 is 0 Å². The highest BCUT2D eigenvalue weighted by molar-refractivity contribution is 6.32. The van der Waals surface area contributed by atoms with Crippen LogP contribution >= 0.6 is 23.2 Å². The Labute approximate surface area is 195 Å². The molecule has 2 amide bonds. The van der Waals surface area contributed by atoms with Gasteiger partial charge in [0.05, 0.1) is 16.3 Å². The predicted octanol–water partition coefficient (Wildman–Crippen LogP) is 4.25. The minimum atomic E-state index is -0.523. The van der Waals surface area contributed by atoms with E-state index in [9.17, 15) is 9.59 Å². The van der Waals surface area contributed by atoms with E-state index in [2.05, 4.69) is 20.7 Å². The van der Waals surface area contributed by atoms with E-state index in [1.807, 2.05) is 6.92 Å². The molecular weight excluding hydrogens is 451 g/mol. The van der Waals surface area contributed by atoms with Crippen molar-refractivity contribution in [2.75, 3.05) is 11.1 Å². The highest BCUT2D eigenvalue weighted by atomic mass is 35.5. The van der Waals surface area contributed by atoms with Gasteiger partial charge in [-0.3, -0.25) is 9.59 Å². The Hall–Kier alpha value is -3.10. The predicted molar refractivity (Wildman–Crippen MR) is 125 cm³/mol. The first-order valence-electron chi connectivity index (χ1n) is 10.1. The number of halogens is 2. The fourth-order valence-corrected chi connectivity index (χ4v) is 3.99. The van der Waals surface area contributed by atoms with Gasteiger partial charge in [0.15, 0.2) is 5.82 Å². The van der Waals surface area contributed by atoms with Crippen molar-refractivity contribution >= 4 is 46.5 Å². The second-order valence-corrected chi connectivity index (χ2v) is 8.72. The van der Waals surface area contributed by atoms with Gasteiger partial charge in [-0.25, -0.2) is 9.67 Å². The second-order valence-electron chi connectivity index (χ2n) is 7.87. The lowest BCUT2D eigenvalue weighted by Crippen LogP contribution is -2.34. The summed E-state index contributed by atoms with van der Waals surface area (Å²) in [4.78, 5) is 30.4. The minimum Gasteiger partial charge on any atom is -0.382 e. The summed E-state index contributed by atoms with van der Waals surface area (Å²) in [5.74, 6) is 0.0513. The molecule has 8 nitrogen and oxygen atoms in total. The molecule has 4 N–H and O–H groups in total. The van der Waals surface area contributed by atoms with Crippen molar-refractivity contribution in [2.24, 2.45) is 5.92 Å². The monoisotopic (exact) mass is 472 g/mol. The molecule has 32 heavy (non-hydrogen) atoms. The third kappa shape index (κ3) is 4.56. The van der Waals surface area contributed by atoms with Crippen LogP contribution in [0.3, 0.4) is 0 Å². The summed E-state index contributed by atoms with van der Waals surface area (Å²) >= 11 is 12.4. The summed E-state index contributed by atoms with van der Waals surface area (Å²) in [7, 11) is 0. The van der Waals surface area contributed by atoms with Crippen LogP contribution in [0.25, 0.3) is 5.82 Å². The highest BCUT2D eigenvalue weighted by Gasteiger charge is 2.30. The molecular formula is C22H22Cl2N6O2. The maximum atomic E-state index is 13.2. The quantitative estimate of drug-likeness (QED) is 0.495. The number of nitrogens with two attached hydrogens (primary N) is 1. The average Bonchev–Trinajstić information content (AvgIpc) is 3.52. The van der Waals surface area contributed by atoms with E-state index in [1.165, 1.54) is 16.9 Å². The van der Waals surface area contributed by atoms with E-state index < -0.39 is 5.91 Å². The van der Waals surface area contributed by atoms with Crippen LogP contribution in [0, 0.1) is 12.8 Å². The van der Waals surface area contributed by atoms with Crippen LogP contribution < -0.4 is 16.4 Å². The number of aromatic nitrogens is 3. The van der Waals surface area contributed by atoms with Crippen LogP contribution in [0.15, 0.2) is 36.5 Å². The van der Waals surface area contributed by atoms with Crippen LogP contribution in [0.4, 0.5) is 11.5 Å². The zero-order chi connectivity index (χ0) is 23.0. The number of anilines is 2. The minimum absolute atomic E-state index is 0.0397. The second kappa shape index (κ2) is 8.80. The number of rotatable bonds is 6. The molecule has 1 aliphatic rings. The average molecular weight is 473 g/mol. The molecule has 1 atom stereocenters. The Morgan fingerprint density at radius 2 is 1.97 bits per heavy atom. The molecule has 1 unspecified atom stereocenters. The molecule has 2 aromatic heterocycles. The Kier molecular flexibility index (Phi) is 6.08. The molecule has 166 valence electrons. The lowest BCUT2D eigenvalue weighted by molar-refractivity contribution is 0.0936. The van der Waals surface area contributed by atoms with Crippen LogP contribution in [0.2, 0.25) is 10.0 Å². The molecule has 0 saturated heterocycles. The molecule has 0 aliphatic heterocycles. The number of nitrogens with zero attached hydrogens (tertiary/aromatic N) is 3. The van der Waals surface area contributed by atoms with Gasteiger partial charge in [0.1, 0.15) is 11.5 Å². The molecule has 1 saturated carbocycles. The van der Waals surface area contributed by atoms with Crippen molar-refractivity contribution in [1.29, 1.82) is 0 Å². The third-order valence-electron chi connectivity index (χ3n) is 5.37. The first-order valence-corrected chi connectivity index (χ1v) is 10.9. The topological polar surface area (TPSA) is 115 Å². The smallest absolute Gasteiger partial charge is 0.274 e. The van der Waals surface area contributed by atoms with Crippen molar-refractivity contribution in [3.8, 4) is 5.82 Å². The Morgan fingerprint density at radius 1 is 1.22 bits per heavy atom. The summed E-state index contributed by atoms with van der Waals surface area (Å²) in [6.45, 7) is 3.74. The number of nitrogens with one attached hydrogen (secondary N) is 2. The normalized spacial score (nSPS) is 14.1. The molecule has 0 radical (unpaired) electrons. The molecule has 0 bridgehead atoms. The molecule has 0 spiro atoms. The maximum absolute atomic E-state index is 13.2. The number of carbonyl (C=O) groups excluding carboxylic acids is 2. The fraction of sp³-hybridized carbons (Fsp3) is 0.273. The Morgan fingerprint density at radius 3 is 2.66 bits per heavy atom. The van der Waals surface area contributed by atoms with Gasteiger partial charge in [-0.15, -0.1) is 5.10 Å². The van der Waals surface area contributed by atoms with E-state index in [0.717, 1.165) is 12.8 Å². The van der Waals surface area contributed by atoms with Gasteiger partial charge in [0.2, 0.25) is 0 Å². The number of amides is 2. The van der Waals surface area contributed by atoms with Gasteiger partial charge in [0, 0.05) is 23.3 Å². The summed E-state index contributed by atoms with van der Waals surface area (Å²) in [6, 6.07) is 7.98. The van der Waals surface area contributed by atoms with Gasteiger partial charge in [0.25, 0.3) is 11.8 Å². The van der Waals surface area contributed by atoms with Crippen LogP contribution in [0.5, 0.6) is 0 Å². The number of nitrogen functional groups attached to an aromatic ring is 1. The van der Waals surface area contributed by atoms with Gasteiger partial charge in [-0.1, -0.05) is 23.2 Å². The molecule has 2 heterocycles. The van der Waals surface area contributed by atoms with Crippen LogP contribution in [0.1, 0.15) is 46.2 Å². The molecule has 1 aliphatic carbocycles. The third-order valence-corrected chi connectivity index (χ3v) is 5.89. The fourth-order valence-electron chi connectivity index (χ4n) is 3.52. The summed E-state index contributed by atoms with van der Waals surface area (Å²) in [5.41, 5.74) is 7.26. The van der Waals surface area contributed by atoms with E-state index in [-0.39, 0.29) is 34.8 Å². The molecule has 10 heteroatoms. The number of benzene rings is 1. The number of carbonyl (C=O) groups is 2. The number of hydrogen-bond donors (Lipinski definition) is 3. The lowest BCUT2D eigenvalue weighted by Gasteiger charge is -2.18. The van der Waals surface area contributed by atoms with Crippen LogP contribution in [-0.2, 0) is 0 Å². The first-order chi connectivity index (χ1) is 15.2. The SMILES string of the molecule is Cc1cc(Cl)cc(C(=O)NC(C)C2CC2)c1NC(=O)c1cc(N)nn1-c1ncccc1Cl. The zero-order valence-electron chi connectivity index (χ0n) is 17.5. The Balaban J connectivity index is 1.67. The molecule has 3 aromatic rings. The zero-order valence-corrected chi connectivity index (χ0v) is 19.0. The number of hydrogen-bond acceptors (Lipinski definition) is 5.